The van der Waals surface area contributed by atoms with E-state index in [1.54, 1.807) is 35.7 Å². The minimum atomic E-state index is -4.04. The fourth-order valence-electron chi connectivity index (χ4n) is 1.45. The van der Waals surface area contributed by atoms with Crippen molar-refractivity contribution < 1.29 is 22.4 Å². The van der Waals surface area contributed by atoms with Crippen LogP contribution in [0.1, 0.15) is 5.56 Å². The topological polar surface area (TPSA) is 92.7 Å². The van der Waals surface area contributed by atoms with E-state index >= 15 is 0 Å². The summed E-state index contributed by atoms with van der Waals surface area (Å²) < 4.78 is 42.6. The first-order chi connectivity index (χ1) is 9.89. The van der Waals surface area contributed by atoms with Crippen molar-refractivity contribution in [3.8, 4) is 0 Å². The maximum absolute atomic E-state index is 11.8. The molecular formula is C12H14NO5PS2. The Morgan fingerprint density at radius 1 is 1.19 bits per heavy atom. The molecule has 0 spiro atoms. The van der Waals surface area contributed by atoms with Crippen LogP contribution in [0.4, 0.5) is 0 Å². The van der Waals surface area contributed by atoms with Crippen molar-refractivity contribution >= 4 is 29.0 Å². The summed E-state index contributed by atoms with van der Waals surface area (Å²) in [5.41, 5.74) is 0.730. The van der Waals surface area contributed by atoms with Crippen LogP contribution >= 0.6 is 18.9 Å². The molecule has 0 bridgehead atoms. The Balaban J connectivity index is 1.91. The fourth-order valence-corrected chi connectivity index (χ4v) is 4.92. The molecule has 1 heterocycles. The summed E-state index contributed by atoms with van der Waals surface area (Å²) in [5, 5.41) is 1.61. The van der Waals surface area contributed by atoms with Gasteiger partial charge in [0.2, 0.25) is 0 Å². The minimum Gasteiger partial charge on any atom is -0.323 e. The maximum Gasteiger partial charge on any atom is 0.343 e. The molecule has 0 radical (unpaired) electrons. The van der Waals surface area contributed by atoms with Crippen molar-refractivity contribution in [1.29, 1.82) is 0 Å². The van der Waals surface area contributed by atoms with E-state index in [9.17, 15) is 17.9 Å². The molecule has 1 aromatic carbocycles. The van der Waals surface area contributed by atoms with E-state index < -0.39 is 23.9 Å². The number of nitrogens with one attached hydrogen (secondary N) is 1. The second-order valence-corrected chi connectivity index (χ2v) is 8.93. The first-order valence-electron chi connectivity index (χ1n) is 5.92. The minimum absolute atomic E-state index is 0.0602. The Hall–Kier alpha value is -1.02. The van der Waals surface area contributed by atoms with Crippen LogP contribution < -0.4 is 4.72 Å². The Morgan fingerprint density at radius 3 is 2.52 bits per heavy atom. The normalized spacial score (nSPS) is 14.7. The highest BCUT2D eigenvalue weighted by molar-refractivity contribution is 7.91. The number of rotatable bonds is 7. The van der Waals surface area contributed by atoms with Crippen LogP contribution in [0.3, 0.4) is 0 Å². The fraction of sp³-hybridized carbons (Fsp3) is 0.167. The van der Waals surface area contributed by atoms with Crippen molar-refractivity contribution in [3.63, 3.8) is 0 Å². The van der Waals surface area contributed by atoms with Gasteiger partial charge >= 0.3 is 7.60 Å². The lowest BCUT2D eigenvalue weighted by Crippen LogP contribution is -2.24. The number of hydrogen-bond acceptors (Lipinski definition) is 5. The number of benzene rings is 1. The third-order valence-electron chi connectivity index (χ3n) is 2.49. The third-order valence-corrected chi connectivity index (χ3v) is 6.59. The van der Waals surface area contributed by atoms with E-state index in [2.05, 4.69) is 4.72 Å². The lowest BCUT2D eigenvalue weighted by atomic mass is 10.2. The molecule has 0 saturated carbocycles. The third kappa shape index (κ3) is 5.03. The van der Waals surface area contributed by atoms with Crippen molar-refractivity contribution in [2.45, 2.75) is 10.8 Å². The van der Waals surface area contributed by atoms with Crippen LogP contribution in [0.25, 0.3) is 0 Å². The molecule has 0 aliphatic rings. The first kappa shape index (κ1) is 16.4. The lowest BCUT2D eigenvalue weighted by Gasteiger charge is -2.13. The van der Waals surface area contributed by atoms with Gasteiger partial charge in [-0.2, -0.15) is 4.72 Å². The summed E-state index contributed by atoms with van der Waals surface area (Å²) >= 11 is 1.03. The van der Waals surface area contributed by atoms with Gasteiger partial charge in [-0.3, -0.25) is 4.57 Å². The van der Waals surface area contributed by atoms with Crippen LogP contribution in [0.5, 0.6) is 0 Å². The molecule has 6 nitrogen and oxygen atoms in total. The van der Waals surface area contributed by atoms with E-state index in [1.165, 1.54) is 6.07 Å². The van der Waals surface area contributed by atoms with E-state index in [-0.39, 0.29) is 10.8 Å². The van der Waals surface area contributed by atoms with Gasteiger partial charge in [0.15, 0.2) is 0 Å². The number of sulfonamides is 1. The van der Waals surface area contributed by atoms with E-state index in [0.717, 1.165) is 16.9 Å². The average molecular weight is 347 g/mol. The maximum atomic E-state index is 11.8. The molecule has 1 atom stereocenters. The molecule has 21 heavy (non-hydrogen) atoms. The molecule has 114 valence electrons. The summed E-state index contributed by atoms with van der Waals surface area (Å²) in [6.45, 7) is -0.0602. The number of thiophene rings is 1. The first-order valence-corrected chi connectivity index (χ1v) is 10.1. The molecule has 0 aliphatic carbocycles. The van der Waals surface area contributed by atoms with Gasteiger partial charge in [0.25, 0.3) is 10.0 Å². The van der Waals surface area contributed by atoms with Crippen molar-refractivity contribution in [3.05, 3.63) is 53.4 Å². The molecule has 2 rings (SSSR count). The summed E-state index contributed by atoms with van der Waals surface area (Å²) in [5.74, 6) is 0. The quantitative estimate of drug-likeness (QED) is 0.750. The van der Waals surface area contributed by atoms with Crippen LogP contribution in [0, 0.1) is 0 Å². The van der Waals surface area contributed by atoms with Gasteiger partial charge in [-0.1, -0.05) is 36.4 Å². The monoisotopic (exact) mass is 347 g/mol. The predicted octanol–water partition coefficient (Wildman–Crippen LogP) is 2.39. The average Bonchev–Trinajstić information content (AvgIpc) is 3.00. The predicted molar refractivity (Wildman–Crippen MR) is 80.6 cm³/mol. The van der Waals surface area contributed by atoms with Gasteiger partial charge in [-0.05, 0) is 17.0 Å². The van der Waals surface area contributed by atoms with Crippen LogP contribution in [-0.4, -0.2) is 19.6 Å². The molecule has 2 N–H and O–H groups in total. The SMILES string of the molecule is O=P(O)(CNS(=O)(=O)c1cccs1)OCc1ccccc1. The van der Waals surface area contributed by atoms with Gasteiger partial charge in [-0.25, -0.2) is 8.42 Å². The van der Waals surface area contributed by atoms with Crippen molar-refractivity contribution in [1.82, 2.24) is 4.72 Å². The Kier molecular flexibility index (Phi) is 5.32. The molecule has 1 unspecified atom stereocenters. The zero-order valence-electron chi connectivity index (χ0n) is 10.9. The smallest absolute Gasteiger partial charge is 0.323 e. The molecule has 9 heteroatoms. The Morgan fingerprint density at radius 2 is 1.90 bits per heavy atom. The summed E-state index contributed by atoms with van der Waals surface area (Å²) in [7, 11) is -7.82. The van der Waals surface area contributed by atoms with Crippen molar-refractivity contribution in [2.24, 2.45) is 0 Å². The Bertz CT molecular complexity index is 715. The largest absolute Gasteiger partial charge is 0.343 e. The molecular weight excluding hydrogens is 333 g/mol. The highest BCUT2D eigenvalue weighted by Gasteiger charge is 2.24. The van der Waals surface area contributed by atoms with Crippen LogP contribution in [-0.2, 0) is 25.7 Å². The van der Waals surface area contributed by atoms with E-state index in [4.69, 9.17) is 4.52 Å². The molecule has 0 saturated heterocycles. The van der Waals surface area contributed by atoms with Gasteiger partial charge in [0.05, 0.1) is 6.61 Å². The molecule has 2 aromatic rings. The summed E-state index contributed by atoms with van der Waals surface area (Å²) in [4.78, 5) is 9.65. The van der Waals surface area contributed by atoms with E-state index in [1.807, 2.05) is 6.07 Å². The van der Waals surface area contributed by atoms with Crippen molar-refractivity contribution in [2.75, 3.05) is 6.29 Å². The highest BCUT2D eigenvalue weighted by Crippen LogP contribution is 2.41. The zero-order chi connectivity index (χ0) is 15.3. The summed E-state index contributed by atoms with van der Waals surface area (Å²) in [6, 6.07) is 11.9. The zero-order valence-corrected chi connectivity index (χ0v) is 13.4. The van der Waals surface area contributed by atoms with Crippen LogP contribution in [0.15, 0.2) is 52.1 Å². The van der Waals surface area contributed by atoms with Crippen LogP contribution in [0.2, 0.25) is 0 Å². The standard InChI is InChI=1S/C12H14NO5PS2/c14-19(15,18-9-11-5-2-1-3-6-11)10-13-21(16,17)12-7-4-8-20-12/h1-8,13H,9-10H2,(H,14,15). The highest BCUT2D eigenvalue weighted by atomic mass is 32.2. The molecule has 0 amide bonds. The summed E-state index contributed by atoms with van der Waals surface area (Å²) in [6.07, 6.45) is -0.667. The lowest BCUT2D eigenvalue weighted by molar-refractivity contribution is 0.249. The van der Waals surface area contributed by atoms with Gasteiger partial charge in [0.1, 0.15) is 10.5 Å². The number of hydrogen-bond donors (Lipinski definition) is 2. The second kappa shape index (κ2) is 6.83. The van der Waals surface area contributed by atoms with E-state index in [0.29, 0.717) is 0 Å². The van der Waals surface area contributed by atoms with Gasteiger partial charge in [0, 0.05) is 0 Å². The second-order valence-electron chi connectivity index (χ2n) is 4.13. The molecule has 0 fully saturated rings. The van der Waals surface area contributed by atoms with Gasteiger partial charge < -0.3 is 9.42 Å². The molecule has 0 aliphatic heterocycles. The Labute approximate surface area is 127 Å². The van der Waals surface area contributed by atoms with Gasteiger partial charge in [-0.15, -0.1) is 11.3 Å². The molecule has 1 aromatic heterocycles.